The van der Waals surface area contributed by atoms with Crippen LogP contribution in [0.25, 0.3) is 5.65 Å². The summed E-state index contributed by atoms with van der Waals surface area (Å²) in [5.74, 6) is -1.56. The highest BCUT2D eigenvalue weighted by Gasteiger charge is 2.22. The molecule has 18 heavy (non-hydrogen) atoms. The molecule has 0 aliphatic carbocycles. The molecule has 0 saturated heterocycles. The number of hydrogen-bond donors (Lipinski definition) is 1. The number of fused-ring (bicyclic) bond motifs is 1. The molecule has 0 amide bonds. The SMILES string of the molecule is Cc1nc2c(C#N)cnn2c(C)c1C(C)C(=O)O. The molecule has 2 heterocycles. The van der Waals surface area contributed by atoms with Crippen molar-refractivity contribution in [3.8, 4) is 6.07 Å². The fourth-order valence-corrected chi connectivity index (χ4v) is 2.12. The molecule has 2 aromatic rings. The number of carbonyl (C=O) groups is 1. The average molecular weight is 244 g/mol. The largest absolute Gasteiger partial charge is 0.481 e. The second-order valence-corrected chi connectivity index (χ2v) is 4.16. The first-order valence-corrected chi connectivity index (χ1v) is 5.45. The molecule has 92 valence electrons. The summed E-state index contributed by atoms with van der Waals surface area (Å²) in [7, 11) is 0. The lowest BCUT2D eigenvalue weighted by atomic mass is 9.98. The van der Waals surface area contributed by atoms with Crippen LogP contribution in [0.15, 0.2) is 6.20 Å². The van der Waals surface area contributed by atoms with E-state index in [9.17, 15) is 4.79 Å². The van der Waals surface area contributed by atoms with E-state index >= 15 is 0 Å². The third-order valence-corrected chi connectivity index (χ3v) is 3.04. The van der Waals surface area contributed by atoms with Crippen molar-refractivity contribution in [3.05, 3.63) is 28.7 Å². The molecular weight excluding hydrogens is 232 g/mol. The summed E-state index contributed by atoms with van der Waals surface area (Å²) in [6.07, 6.45) is 1.43. The van der Waals surface area contributed by atoms with E-state index in [0.717, 1.165) is 0 Å². The van der Waals surface area contributed by atoms with Crippen LogP contribution >= 0.6 is 0 Å². The van der Waals surface area contributed by atoms with Gasteiger partial charge < -0.3 is 5.11 Å². The normalized spacial score (nSPS) is 12.3. The highest BCUT2D eigenvalue weighted by molar-refractivity contribution is 5.76. The Morgan fingerprint density at radius 1 is 1.56 bits per heavy atom. The van der Waals surface area contributed by atoms with Gasteiger partial charge in [0.25, 0.3) is 0 Å². The van der Waals surface area contributed by atoms with Crippen molar-refractivity contribution in [3.63, 3.8) is 0 Å². The Morgan fingerprint density at radius 3 is 2.78 bits per heavy atom. The minimum absolute atomic E-state index is 0.385. The second-order valence-electron chi connectivity index (χ2n) is 4.16. The van der Waals surface area contributed by atoms with E-state index in [4.69, 9.17) is 10.4 Å². The highest BCUT2D eigenvalue weighted by atomic mass is 16.4. The van der Waals surface area contributed by atoms with Crippen LogP contribution in [0.3, 0.4) is 0 Å². The molecule has 0 bridgehead atoms. The molecule has 6 nitrogen and oxygen atoms in total. The molecule has 0 aliphatic rings. The highest BCUT2D eigenvalue weighted by Crippen LogP contribution is 2.24. The summed E-state index contributed by atoms with van der Waals surface area (Å²) in [5, 5.41) is 22.1. The summed E-state index contributed by atoms with van der Waals surface area (Å²) in [5.41, 5.74) is 2.81. The number of rotatable bonds is 2. The quantitative estimate of drug-likeness (QED) is 0.862. The lowest BCUT2D eigenvalue weighted by Gasteiger charge is -2.14. The maximum Gasteiger partial charge on any atom is 0.310 e. The van der Waals surface area contributed by atoms with Crippen LogP contribution in [-0.4, -0.2) is 25.7 Å². The Balaban J connectivity index is 2.79. The lowest BCUT2D eigenvalue weighted by Crippen LogP contribution is -2.14. The Morgan fingerprint density at radius 2 is 2.22 bits per heavy atom. The van der Waals surface area contributed by atoms with Crippen molar-refractivity contribution in [1.82, 2.24) is 14.6 Å². The smallest absolute Gasteiger partial charge is 0.310 e. The molecule has 1 unspecified atom stereocenters. The standard InChI is InChI=1S/C12H12N4O2/c1-6(12(17)18)10-7(2)15-11-9(4-13)5-14-16(11)8(10)3/h5-6H,1-3H3,(H,17,18). The van der Waals surface area contributed by atoms with Crippen molar-refractivity contribution >= 4 is 11.6 Å². The Labute approximate surface area is 103 Å². The van der Waals surface area contributed by atoms with Crippen molar-refractivity contribution in [2.45, 2.75) is 26.7 Å². The fraction of sp³-hybridized carbons (Fsp3) is 0.333. The molecule has 6 heteroatoms. The number of nitriles is 1. The number of aromatic nitrogens is 3. The van der Waals surface area contributed by atoms with Gasteiger partial charge in [-0.05, 0) is 20.8 Å². The van der Waals surface area contributed by atoms with Gasteiger partial charge in [0.1, 0.15) is 11.6 Å². The fourth-order valence-electron chi connectivity index (χ4n) is 2.12. The number of hydrogen-bond acceptors (Lipinski definition) is 4. The van der Waals surface area contributed by atoms with Gasteiger partial charge in [0, 0.05) is 17.0 Å². The number of carboxylic acids is 1. The van der Waals surface area contributed by atoms with Crippen molar-refractivity contribution < 1.29 is 9.90 Å². The molecular formula is C12H12N4O2. The summed E-state index contributed by atoms with van der Waals surface area (Å²) in [6, 6.07) is 2.01. The van der Waals surface area contributed by atoms with E-state index in [1.54, 1.807) is 20.8 Å². The topological polar surface area (TPSA) is 91.3 Å². The van der Waals surface area contributed by atoms with E-state index in [1.165, 1.54) is 10.7 Å². The summed E-state index contributed by atoms with van der Waals surface area (Å²) >= 11 is 0. The van der Waals surface area contributed by atoms with Gasteiger partial charge in [-0.2, -0.15) is 10.4 Å². The zero-order chi connectivity index (χ0) is 13.4. The minimum atomic E-state index is -0.907. The molecule has 2 rings (SSSR count). The molecule has 0 fully saturated rings. The average Bonchev–Trinajstić information content (AvgIpc) is 2.71. The Bertz CT molecular complexity index is 681. The van der Waals surface area contributed by atoms with Gasteiger partial charge in [0.05, 0.1) is 12.1 Å². The number of carboxylic acid groups (broad SMARTS) is 1. The van der Waals surface area contributed by atoms with Gasteiger partial charge in [-0.1, -0.05) is 0 Å². The molecule has 1 N–H and O–H groups in total. The van der Waals surface area contributed by atoms with Gasteiger partial charge in [-0.15, -0.1) is 0 Å². The molecule has 2 aromatic heterocycles. The zero-order valence-electron chi connectivity index (χ0n) is 10.3. The minimum Gasteiger partial charge on any atom is -0.481 e. The Kier molecular flexibility index (Phi) is 2.75. The van der Waals surface area contributed by atoms with Gasteiger partial charge in [-0.3, -0.25) is 4.79 Å². The van der Waals surface area contributed by atoms with Crippen LogP contribution in [0.2, 0.25) is 0 Å². The van der Waals surface area contributed by atoms with Crippen LogP contribution in [0.4, 0.5) is 0 Å². The zero-order valence-corrected chi connectivity index (χ0v) is 10.3. The molecule has 0 saturated carbocycles. The third-order valence-electron chi connectivity index (χ3n) is 3.04. The van der Waals surface area contributed by atoms with E-state index in [0.29, 0.717) is 28.2 Å². The first kappa shape index (κ1) is 12.0. The maximum atomic E-state index is 11.1. The summed E-state index contributed by atoms with van der Waals surface area (Å²) < 4.78 is 1.51. The van der Waals surface area contributed by atoms with Crippen LogP contribution in [0.5, 0.6) is 0 Å². The van der Waals surface area contributed by atoms with Gasteiger partial charge in [0.2, 0.25) is 0 Å². The molecule has 0 aliphatic heterocycles. The van der Waals surface area contributed by atoms with Crippen LogP contribution < -0.4 is 0 Å². The van der Waals surface area contributed by atoms with Crippen LogP contribution in [-0.2, 0) is 4.79 Å². The van der Waals surface area contributed by atoms with Gasteiger partial charge in [-0.25, -0.2) is 9.50 Å². The van der Waals surface area contributed by atoms with Crippen molar-refractivity contribution in [2.75, 3.05) is 0 Å². The first-order chi connectivity index (χ1) is 8.47. The summed E-state index contributed by atoms with van der Waals surface area (Å²) in [4.78, 5) is 15.4. The molecule has 0 radical (unpaired) electrons. The summed E-state index contributed by atoms with van der Waals surface area (Å²) in [6.45, 7) is 5.14. The predicted molar refractivity (Wildman–Crippen MR) is 63.2 cm³/mol. The van der Waals surface area contributed by atoms with Gasteiger partial charge >= 0.3 is 5.97 Å². The van der Waals surface area contributed by atoms with E-state index in [2.05, 4.69) is 10.1 Å². The predicted octanol–water partition coefficient (Wildman–Crippen LogP) is 1.41. The molecule has 0 spiro atoms. The maximum absolute atomic E-state index is 11.1. The van der Waals surface area contributed by atoms with Gasteiger partial charge in [0.15, 0.2) is 5.65 Å². The monoisotopic (exact) mass is 244 g/mol. The van der Waals surface area contributed by atoms with Crippen LogP contribution in [0, 0.1) is 25.2 Å². The molecule has 0 aromatic carbocycles. The number of nitrogens with zero attached hydrogens (tertiary/aromatic N) is 4. The number of aryl methyl sites for hydroxylation is 2. The lowest BCUT2D eigenvalue weighted by molar-refractivity contribution is -0.138. The van der Waals surface area contributed by atoms with Crippen molar-refractivity contribution in [1.29, 1.82) is 5.26 Å². The first-order valence-electron chi connectivity index (χ1n) is 5.45. The molecule has 1 atom stereocenters. The van der Waals surface area contributed by atoms with E-state index < -0.39 is 11.9 Å². The Hall–Kier alpha value is -2.42. The number of aliphatic carboxylic acids is 1. The van der Waals surface area contributed by atoms with E-state index in [-0.39, 0.29) is 0 Å². The second kappa shape index (κ2) is 4.11. The van der Waals surface area contributed by atoms with Crippen molar-refractivity contribution in [2.24, 2.45) is 0 Å². The third kappa shape index (κ3) is 1.61. The van der Waals surface area contributed by atoms with Crippen LogP contribution in [0.1, 0.15) is 35.4 Å². The van der Waals surface area contributed by atoms with E-state index in [1.807, 2.05) is 6.07 Å².